The van der Waals surface area contributed by atoms with Gasteiger partial charge in [-0.15, -0.1) is 0 Å². The topological polar surface area (TPSA) is 35.2 Å². The number of rotatable bonds is 5. The number of aryl methyl sites for hydroxylation is 2. The van der Waals surface area contributed by atoms with Crippen molar-refractivity contribution >= 4 is 0 Å². The highest BCUT2D eigenvalue weighted by atomic mass is 15.2. The standard InChI is InChI=1S/C16H30N4/c1-13-16(14(2)18-17-13)9-11-19(3)12-15-8-6-5-7-10-20(15)4/h15H,5-12H2,1-4H3,(H,17,18). The van der Waals surface area contributed by atoms with Crippen LogP contribution >= 0.6 is 0 Å². The zero-order valence-electron chi connectivity index (χ0n) is 13.6. The molecule has 1 N–H and O–H groups in total. The zero-order valence-corrected chi connectivity index (χ0v) is 13.6. The maximum Gasteiger partial charge on any atom is 0.0626 e. The monoisotopic (exact) mass is 278 g/mol. The minimum absolute atomic E-state index is 0.731. The lowest BCUT2D eigenvalue weighted by Crippen LogP contribution is -2.41. The molecule has 1 aromatic heterocycles. The Morgan fingerprint density at radius 1 is 1.30 bits per heavy atom. The average Bonchev–Trinajstić information content (AvgIpc) is 2.60. The Kier molecular flexibility index (Phi) is 5.61. The Morgan fingerprint density at radius 3 is 2.80 bits per heavy atom. The zero-order chi connectivity index (χ0) is 14.5. The molecule has 114 valence electrons. The third kappa shape index (κ3) is 4.06. The van der Waals surface area contributed by atoms with Crippen LogP contribution in [-0.4, -0.2) is 59.8 Å². The second-order valence-corrected chi connectivity index (χ2v) is 6.41. The molecule has 1 atom stereocenters. The van der Waals surface area contributed by atoms with Gasteiger partial charge in [0, 0.05) is 24.8 Å². The number of likely N-dealkylation sites (tertiary alicyclic amines) is 1. The summed E-state index contributed by atoms with van der Waals surface area (Å²) >= 11 is 0. The first-order valence-corrected chi connectivity index (χ1v) is 7.97. The van der Waals surface area contributed by atoms with Crippen molar-refractivity contribution in [3.8, 4) is 0 Å². The number of hydrogen-bond donors (Lipinski definition) is 1. The molecule has 0 aromatic carbocycles. The third-order valence-electron chi connectivity index (χ3n) is 4.72. The lowest BCUT2D eigenvalue weighted by molar-refractivity contribution is 0.183. The fourth-order valence-electron chi connectivity index (χ4n) is 3.25. The Morgan fingerprint density at radius 2 is 2.10 bits per heavy atom. The van der Waals surface area contributed by atoms with Crippen LogP contribution in [0.2, 0.25) is 0 Å². The van der Waals surface area contributed by atoms with Gasteiger partial charge < -0.3 is 9.80 Å². The van der Waals surface area contributed by atoms with Crippen molar-refractivity contribution in [2.75, 3.05) is 33.7 Å². The molecule has 20 heavy (non-hydrogen) atoms. The van der Waals surface area contributed by atoms with Crippen molar-refractivity contribution < 1.29 is 0 Å². The number of likely N-dealkylation sites (N-methyl/N-ethyl adjacent to an activating group) is 2. The highest BCUT2D eigenvalue weighted by molar-refractivity contribution is 5.23. The number of nitrogens with one attached hydrogen (secondary N) is 1. The van der Waals surface area contributed by atoms with E-state index in [1.54, 1.807) is 0 Å². The highest BCUT2D eigenvalue weighted by Crippen LogP contribution is 2.16. The molecular formula is C16H30N4. The molecule has 0 bridgehead atoms. The molecule has 0 amide bonds. The van der Waals surface area contributed by atoms with Gasteiger partial charge in [0.2, 0.25) is 0 Å². The molecule has 1 saturated heterocycles. The van der Waals surface area contributed by atoms with Gasteiger partial charge in [-0.3, -0.25) is 5.10 Å². The first-order chi connectivity index (χ1) is 9.58. The van der Waals surface area contributed by atoms with E-state index in [1.807, 2.05) is 0 Å². The molecule has 1 aliphatic rings. The highest BCUT2D eigenvalue weighted by Gasteiger charge is 2.19. The average molecular weight is 278 g/mol. The molecular weight excluding hydrogens is 248 g/mol. The molecule has 0 spiro atoms. The summed E-state index contributed by atoms with van der Waals surface area (Å²) in [6.45, 7) is 7.78. The second kappa shape index (κ2) is 7.23. The maximum atomic E-state index is 4.28. The van der Waals surface area contributed by atoms with Crippen molar-refractivity contribution in [1.29, 1.82) is 0 Å². The molecule has 1 unspecified atom stereocenters. The molecule has 2 heterocycles. The summed E-state index contributed by atoms with van der Waals surface area (Å²) in [6.07, 6.45) is 6.61. The van der Waals surface area contributed by atoms with E-state index in [2.05, 4.69) is 47.9 Å². The van der Waals surface area contributed by atoms with E-state index in [-0.39, 0.29) is 0 Å². The van der Waals surface area contributed by atoms with Crippen molar-refractivity contribution in [2.24, 2.45) is 0 Å². The molecule has 1 fully saturated rings. The molecule has 0 radical (unpaired) electrons. The lowest BCUT2D eigenvalue weighted by atomic mass is 10.1. The lowest BCUT2D eigenvalue weighted by Gasteiger charge is -2.30. The predicted molar refractivity (Wildman–Crippen MR) is 84.1 cm³/mol. The first kappa shape index (κ1) is 15.5. The summed E-state index contributed by atoms with van der Waals surface area (Å²) in [6, 6.07) is 0.731. The molecule has 0 aliphatic carbocycles. The normalized spacial score (nSPS) is 21.4. The summed E-state index contributed by atoms with van der Waals surface area (Å²) in [7, 11) is 4.54. The van der Waals surface area contributed by atoms with Gasteiger partial charge in [0.15, 0.2) is 0 Å². The van der Waals surface area contributed by atoms with Gasteiger partial charge in [-0.1, -0.05) is 12.8 Å². The summed E-state index contributed by atoms with van der Waals surface area (Å²) < 4.78 is 0. The minimum atomic E-state index is 0.731. The Hall–Kier alpha value is -0.870. The number of nitrogens with zero attached hydrogens (tertiary/aromatic N) is 3. The van der Waals surface area contributed by atoms with Gasteiger partial charge in [0.1, 0.15) is 0 Å². The van der Waals surface area contributed by atoms with Crippen LogP contribution in [0.5, 0.6) is 0 Å². The van der Waals surface area contributed by atoms with Crippen molar-refractivity contribution in [2.45, 2.75) is 52.0 Å². The Balaban J connectivity index is 1.81. The van der Waals surface area contributed by atoms with E-state index >= 15 is 0 Å². The van der Waals surface area contributed by atoms with Crippen LogP contribution < -0.4 is 0 Å². The van der Waals surface area contributed by atoms with E-state index < -0.39 is 0 Å². The third-order valence-corrected chi connectivity index (χ3v) is 4.72. The van der Waals surface area contributed by atoms with Crippen LogP contribution in [0, 0.1) is 13.8 Å². The van der Waals surface area contributed by atoms with Gasteiger partial charge in [-0.25, -0.2) is 0 Å². The maximum absolute atomic E-state index is 4.28. The fourth-order valence-corrected chi connectivity index (χ4v) is 3.25. The number of aromatic amines is 1. The van der Waals surface area contributed by atoms with Crippen molar-refractivity contribution in [1.82, 2.24) is 20.0 Å². The van der Waals surface area contributed by atoms with E-state index in [0.717, 1.165) is 24.7 Å². The first-order valence-electron chi connectivity index (χ1n) is 7.97. The van der Waals surface area contributed by atoms with E-state index in [1.165, 1.54) is 50.0 Å². The quantitative estimate of drug-likeness (QED) is 0.898. The Labute approximate surface area is 123 Å². The van der Waals surface area contributed by atoms with Crippen molar-refractivity contribution in [3.05, 3.63) is 17.0 Å². The Bertz CT molecular complexity index is 393. The summed E-state index contributed by atoms with van der Waals surface area (Å²) in [5.74, 6) is 0. The molecule has 0 saturated carbocycles. The van der Waals surface area contributed by atoms with Gasteiger partial charge >= 0.3 is 0 Å². The minimum Gasteiger partial charge on any atom is -0.304 e. The molecule has 1 aromatic rings. The fraction of sp³-hybridized carbons (Fsp3) is 0.812. The van der Waals surface area contributed by atoms with Crippen LogP contribution in [-0.2, 0) is 6.42 Å². The SMILES string of the molecule is Cc1n[nH]c(C)c1CCN(C)CC1CCCCCN1C. The predicted octanol–water partition coefficient (Wildman–Crippen LogP) is 2.38. The van der Waals surface area contributed by atoms with Crippen LogP contribution in [0.25, 0.3) is 0 Å². The number of hydrogen-bond acceptors (Lipinski definition) is 3. The second-order valence-electron chi connectivity index (χ2n) is 6.41. The summed E-state index contributed by atoms with van der Waals surface area (Å²) in [5, 5.41) is 7.36. The van der Waals surface area contributed by atoms with Crippen LogP contribution in [0.3, 0.4) is 0 Å². The molecule has 1 aliphatic heterocycles. The summed E-state index contributed by atoms with van der Waals surface area (Å²) in [5.41, 5.74) is 3.77. The van der Waals surface area contributed by atoms with E-state index in [4.69, 9.17) is 0 Å². The number of H-pyrrole nitrogens is 1. The van der Waals surface area contributed by atoms with E-state index in [9.17, 15) is 0 Å². The van der Waals surface area contributed by atoms with Gasteiger partial charge in [-0.05, 0) is 59.3 Å². The molecule has 2 rings (SSSR count). The number of aromatic nitrogens is 2. The molecule has 4 heteroatoms. The largest absolute Gasteiger partial charge is 0.304 e. The van der Waals surface area contributed by atoms with E-state index in [0.29, 0.717) is 0 Å². The summed E-state index contributed by atoms with van der Waals surface area (Å²) in [4.78, 5) is 5.04. The van der Waals surface area contributed by atoms with Crippen LogP contribution in [0.1, 0.15) is 42.6 Å². The van der Waals surface area contributed by atoms with Gasteiger partial charge in [0.05, 0.1) is 5.69 Å². The van der Waals surface area contributed by atoms with Crippen LogP contribution in [0.15, 0.2) is 0 Å². The van der Waals surface area contributed by atoms with Crippen molar-refractivity contribution in [3.63, 3.8) is 0 Å². The molecule has 4 nitrogen and oxygen atoms in total. The van der Waals surface area contributed by atoms with Gasteiger partial charge in [0.25, 0.3) is 0 Å². The van der Waals surface area contributed by atoms with Crippen LogP contribution in [0.4, 0.5) is 0 Å². The van der Waals surface area contributed by atoms with Gasteiger partial charge in [-0.2, -0.15) is 5.10 Å². The smallest absolute Gasteiger partial charge is 0.0626 e.